The number of carbonyl (C=O) groups excluding carboxylic acids is 16. The molecular weight excluding hydrogens is 2480 g/mol. The third kappa shape index (κ3) is 39.6. The molecule has 39 heteroatoms. The first-order chi connectivity index (χ1) is 69.6. The van der Waals surface area contributed by atoms with Gasteiger partial charge in [0.1, 0.15) is 0 Å². The van der Waals surface area contributed by atoms with Gasteiger partial charge in [-0.1, -0.05) is 18.2 Å². The SMILES string of the molecule is Cc1cc(C(=O)CCC(=O)c2cc(C)c(Br)s2)sc1C.Cc1ccc(C(=O)CCC(=O)c2ccc(Br)s2)s1.Cc1ccc(C(=O)CCC(=O)c2ccc(C)s2)s1.Cc1ccc(C(=O)CCC(=O)c2cccs2)s1.Cc1csc(C(=O)CCC(=O)c2cc(Br)cs2)c1.O=C(CCC(=O)c1sccc1Br)c1cccs1.[C-]#[N+]c1ccc(C(=O)CCC(=O)c2ccc(C)s2)s1.[C-]#[N+]c1ccsc1C(=O)CCC(=O)c1sccc1Br. The van der Waals surface area contributed by atoms with Crippen molar-refractivity contribution >= 4 is 364 Å². The topological polar surface area (TPSA) is 282 Å². The van der Waals surface area contributed by atoms with E-state index < -0.39 is 0 Å². The summed E-state index contributed by atoms with van der Waals surface area (Å²) < 4.78 is 4.42. The van der Waals surface area contributed by atoms with Crippen LogP contribution in [-0.2, 0) is 0 Å². The zero-order valence-corrected chi connectivity index (χ0v) is 101. The van der Waals surface area contributed by atoms with Crippen molar-refractivity contribution in [3.8, 4) is 0 Å². The average molecular weight is 2570 g/mol. The van der Waals surface area contributed by atoms with Crippen molar-refractivity contribution in [2.45, 2.75) is 165 Å². The zero-order valence-electron chi connectivity index (χ0n) is 79.6. The molecule has 0 radical (unpaired) electrons. The molecule has 0 bridgehead atoms. The molecular formula is C107H91Br5N2O16S16. The fourth-order valence-electron chi connectivity index (χ4n) is 12.5. The highest BCUT2D eigenvalue weighted by atomic mass is 79.9. The summed E-state index contributed by atoms with van der Waals surface area (Å²) in [5.74, 6) is 0.354. The van der Waals surface area contributed by atoms with Crippen LogP contribution in [0.4, 0.5) is 10.7 Å². The van der Waals surface area contributed by atoms with E-state index in [2.05, 4.69) is 89.3 Å². The lowest BCUT2D eigenvalue weighted by Gasteiger charge is -1.99. The lowest BCUT2D eigenvalue weighted by Crippen LogP contribution is -2.03. The van der Waals surface area contributed by atoms with Gasteiger partial charge in [0, 0.05) is 151 Å². The molecule has 756 valence electrons. The molecule has 0 aromatic carbocycles. The predicted molar refractivity (Wildman–Crippen MR) is 626 cm³/mol. The molecule has 0 saturated carbocycles. The standard InChI is InChI=1S/C15H15BrO2S2.C14H11NO2S2.C14H14O2S2.C13H8BrNO2S2.2C13H11BrO2S2.C13H12O2S2.C12H9BrO2S2/c1-8-6-13(19-10(8)3)11(17)4-5-12(18)14-7-9(2)15(16)20-14;1-9-3-6-12(18-9)10(16)4-5-11(17)13-7-8-14(15-2)19-13;1-9-3-7-13(17-9)11(15)5-6-12(16)14-8-4-10(2)18-14;1-15-9-5-7-19-13(9)11(17)3-2-10(16)12-8(14)4-6-18-12;1-8-2-5-11(17-8)9(15)3-4-10(16)12-6-7-13(14)18-12;1-8-4-12(17-6-8)10(15)2-3-11(16)13-5-9(14)7-18-13;1-9-4-7-13(17-9)11(15)6-5-10(14)12-3-2-8-16-12;13-8-5-7-17-12(8)10(15)4-3-9(14)11-2-1-6-16-11/h6-7H,4-5H2,1-3H3;3,6-8H,4-5H2,1H3;3-4,7-8H,5-6H2,1-2H3;4-7H,2-3H2;2,5-7H,3-4H2,1H3;4-7H,2-3H2,1H3;2-4,7-8H,5-6H2,1H3;1-2,5-7H,3-4H2. The van der Waals surface area contributed by atoms with E-state index in [1.807, 2.05) is 198 Å². The van der Waals surface area contributed by atoms with Crippen LogP contribution in [0.15, 0.2) is 210 Å². The molecule has 0 aliphatic carbocycles. The fourth-order valence-corrected chi connectivity index (χ4v) is 28.9. The lowest BCUT2D eigenvalue weighted by molar-refractivity contribution is 0.0921. The normalized spacial score (nSPS) is 10.4. The van der Waals surface area contributed by atoms with Crippen molar-refractivity contribution < 1.29 is 76.7 Å². The summed E-state index contributed by atoms with van der Waals surface area (Å²) in [6.45, 7) is 31.6. The minimum absolute atomic E-state index is 0.00779. The highest BCUT2D eigenvalue weighted by Gasteiger charge is 2.24. The van der Waals surface area contributed by atoms with E-state index in [0.29, 0.717) is 70.5 Å². The quantitative estimate of drug-likeness (QED) is 0.0255. The number of Topliss-reactive ketones (excluding diaryl/α,β-unsaturated/α-hetero) is 16. The van der Waals surface area contributed by atoms with Gasteiger partial charge in [0.05, 0.1) is 98.8 Å². The largest absolute Gasteiger partial charge is 0.295 e. The van der Waals surface area contributed by atoms with Gasteiger partial charge in [-0.25, -0.2) is 9.69 Å². The smallest absolute Gasteiger partial charge is 0.241 e. The molecule has 0 aliphatic rings. The number of hydrogen-bond donors (Lipinski definition) is 0. The van der Waals surface area contributed by atoms with Crippen LogP contribution in [0.2, 0.25) is 0 Å². The number of nitrogens with zero attached hydrogens (tertiary/aromatic N) is 2. The van der Waals surface area contributed by atoms with Crippen molar-refractivity contribution in [2.75, 3.05) is 0 Å². The van der Waals surface area contributed by atoms with Gasteiger partial charge in [0.15, 0.2) is 92.5 Å². The highest BCUT2D eigenvalue weighted by Crippen LogP contribution is 2.36. The molecule has 0 saturated heterocycles. The first-order valence-electron chi connectivity index (χ1n) is 44.3. The number of halogens is 5. The number of thiophene rings is 16. The number of aryl methyl sites for hydroxylation is 9. The Kier molecular flexibility index (Phi) is 51.0. The molecule has 0 amide bonds. The Bertz CT molecular complexity index is 6870. The van der Waals surface area contributed by atoms with Gasteiger partial charge in [-0.15, -0.1) is 159 Å². The summed E-state index contributed by atoms with van der Waals surface area (Å²) >= 11 is 39.3. The second-order valence-electron chi connectivity index (χ2n) is 31.6. The van der Waals surface area contributed by atoms with Gasteiger partial charge < -0.3 is 0 Å². The number of ketones is 16. The van der Waals surface area contributed by atoms with Gasteiger partial charge in [0.25, 0.3) is 0 Å². The molecule has 16 aromatic heterocycles. The Hall–Kier alpha value is -8.70. The molecule has 146 heavy (non-hydrogen) atoms. The Morgan fingerprint density at radius 2 is 0.555 bits per heavy atom. The lowest BCUT2D eigenvalue weighted by atomic mass is 10.1. The molecule has 0 atom stereocenters. The van der Waals surface area contributed by atoms with Crippen LogP contribution in [0.1, 0.15) is 303 Å². The Morgan fingerprint density at radius 3 is 0.836 bits per heavy atom. The van der Waals surface area contributed by atoms with Gasteiger partial charge in [-0.3, -0.25) is 76.7 Å². The number of hydrogen-bond acceptors (Lipinski definition) is 32. The van der Waals surface area contributed by atoms with Crippen molar-refractivity contribution in [3.63, 3.8) is 0 Å². The first kappa shape index (κ1) is 121. The van der Waals surface area contributed by atoms with Crippen LogP contribution in [-0.4, -0.2) is 92.5 Å². The van der Waals surface area contributed by atoms with E-state index >= 15 is 0 Å². The van der Waals surface area contributed by atoms with E-state index in [0.717, 1.165) is 111 Å². The minimum atomic E-state index is -0.137. The monoisotopic (exact) mass is 2570 g/mol. The van der Waals surface area contributed by atoms with Gasteiger partial charge in [0.2, 0.25) is 10.7 Å². The van der Waals surface area contributed by atoms with Gasteiger partial charge in [-0.05, 0) is 324 Å². The summed E-state index contributed by atoms with van der Waals surface area (Å²) in [4.78, 5) is 214. The molecule has 0 aliphatic heterocycles. The maximum Gasteiger partial charge on any atom is 0.241 e. The summed E-state index contributed by atoms with van der Waals surface area (Å²) in [6, 6.07) is 45.7. The van der Waals surface area contributed by atoms with E-state index in [1.54, 1.807) is 53.9 Å². The number of rotatable bonds is 40. The Balaban J connectivity index is 0.000000186. The maximum atomic E-state index is 12.1. The van der Waals surface area contributed by atoms with Crippen LogP contribution in [0, 0.1) is 75.5 Å². The molecule has 0 N–H and O–H groups in total. The average Bonchev–Trinajstić information content (AvgIpc) is 1.71. The third-order valence-electron chi connectivity index (χ3n) is 20.3. The van der Waals surface area contributed by atoms with Crippen LogP contribution in [0.5, 0.6) is 0 Å². The molecule has 16 aromatic rings. The van der Waals surface area contributed by atoms with Crippen LogP contribution in [0.3, 0.4) is 0 Å². The molecule has 0 fully saturated rings. The third-order valence-corrected chi connectivity index (χ3v) is 40.9. The summed E-state index contributed by atoms with van der Waals surface area (Å²) in [5, 5.41) is 13.5. The van der Waals surface area contributed by atoms with E-state index in [4.69, 9.17) is 13.1 Å². The predicted octanol–water partition coefficient (Wildman–Crippen LogP) is 36.9. The highest BCUT2D eigenvalue weighted by molar-refractivity contribution is 9.11. The fraction of sp³-hybridized carbons (Fsp3) is 0.234. The molecule has 16 rings (SSSR count). The summed E-state index contributed by atoms with van der Waals surface area (Å²) in [6.07, 6.45) is 4.21. The molecule has 0 unspecified atom stereocenters. The maximum absolute atomic E-state index is 12.1. The minimum Gasteiger partial charge on any atom is -0.295 e. The van der Waals surface area contributed by atoms with Crippen molar-refractivity contribution in [1.29, 1.82) is 0 Å². The zero-order chi connectivity index (χ0) is 106. The van der Waals surface area contributed by atoms with Crippen molar-refractivity contribution in [3.05, 3.63) is 357 Å². The first-order valence-corrected chi connectivity index (χ1v) is 61.8. The molecule has 16 heterocycles. The van der Waals surface area contributed by atoms with Crippen molar-refractivity contribution in [2.24, 2.45) is 0 Å². The summed E-state index contributed by atoms with van der Waals surface area (Å²) in [5.41, 5.74) is 3.67. The van der Waals surface area contributed by atoms with Gasteiger partial charge >= 0.3 is 0 Å². The van der Waals surface area contributed by atoms with E-state index in [-0.39, 0.29) is 170 Å². The second-order valence-corrected chi connectivity index (χ2v) is 54.3. The van der Waals surface area contributed by atoms with E-state index in [1.165, 1.54) is 181 Å². The Morgan fingerprint density at radius 1 is 0.247 bits per heavy atom. The van der Waals surface area contributed by atoms with Crippen molar-refractivity contribution in [1.82, 2.24) is 0 Å². The van der Waals surface area contributed by atoms with E-state index in [9.17, 15) is 76.7 Å². The van der Waals surface area contributed by atoms with Gasteiger partial charge in [-0.2, -0.15) is 22.7 Å². The molecule has 18 nitrogen and oxygen atoms in total. The second kappa shape index (κ2) is 61.6. The summed E-state index contributed by atoms with van der Waals surface area (Å²) in [7, 11) is 0. The number of carbonyl (C=O) groups is 16. The van der Waals surface area contributed by atoms with Crippen LogP contribution < -0.4 is 0 Å². The van der Waals surface area contributed by atoms with Crippen LogP contribution in [0.25, 0.3) is 9.69 Å². The molecule has 0 spiro atoms. The Labute approximate surface area is 951 Å². The van der Waals surface area contributed by atoms with Crippen LogP contribution >= 0.6 is 261 Å².